The van der Waals surface area contributed by atoms with E-state index >= 15 is 0 Å². The van der Waals surface area contributed by atoms with Gasteiger partial charge in [0.2, 0.25) is 0 Å². The van der Waals surface area contributed by atoms with E-state index in [1.807, 2.05) is 61.0 Å². The fourth-order valence-corrected chi connectivity index (χ4v) is 4.06. The highest BCUT2D eigenvalue weighted by molar-refractivity contribution is 7.98. The number of aryl methyl sites for hydroxylation is 1. The molecule has 0 bridgehead atoms. The van der Waals surface area contributed by atoms with Crippen LogP contribution in [0.4, 0.5) is 0 Å². The first-order chi connectivity index (χ1) is 15.0. The molecule has 0 aliphatic carbocycles. The molecule has 4 aromatic rings. The second kappa shape index (κ2) is 9.11. The fraction of sp³-hybridized carbons (Fsp3) is 0.273. The summed E-state index contributed by atoms with van der Waals surface area (Å²) >= 11 is 7.99. The summed E-state index contributed by atoms with van der Waals surface area (Å²) in [7, 11) is 0. The molecule has 0 saturated carbocycles. The van der Waals surface area contributed by atoms with Crippen molar-refractivity contribution in [3.05, 3.63) is 76.5 Å². The van der Waals surface area contributed by atoms with Crippen molar-refractivity contribution in [1.29, 1.82) is 0 Å². The molecular weight excluding hydrogens is 432 g/mol. The number of aromatic nitrogens is 5. The van der Waals surface area contributed by atoms with Crippen LogP contribution in [0.25, 0.3) is 11.3 Å². The lowest BCUT2D eigenvalue weighted by Crippen LogP contribution is -2.30. The van der Waals surface area contributed by atoms with Gasteiger partial charge in [0.25, 0.3) is 5.91 Å². The summed E-state index contributed by atoms with van der Waals surface area (Å²) in [5.74, 6) is 1.47. The topological polar surface area (TPSA) is 77.1 Å². The third-order valence-corrected chi connectivity index (χ3v) is 6.34. The number of amides is 1. The van der Waals surface area contributed by atoms with Gasteiger partial charge in [-0.2, -0.15) is 16.9 Å². The number of hydrogen-bond acceptors (Lipinski definition) is 5. The molecule has 160 valence electrons. The molecule has 3 aromatic heterocycles. The van der Waals surface area contributed by atoms with E-state index in [9.17, 15) is 4.79 Å². The molecule has 31 heavy (non-hydrogen) atoms. The average Bonchev–Trinajstić information content (AvgIpc) is 3.33. The van der Waals surface area contributed by atoms with E-state index in [0.29, 0.717) is 10.6 Å². The van der Waals surface area contributed by atoms with Crippen LogP contribution in [0.2, 0.25) is 5.02 Å². The Morgan fingerprint density at radius 2 is 1.94 bits per heavy atom. The maximum Gasteiger partial charge on any atom is 0.251 e. The van der Waals surface area contributed by atoms with Crippen LogP contribution in [0.5, 0.6) is 0 Å². The predicted octanol–water partition coefficient (Wildman–Crippen LogP) is 4.41. The van der Waals surface area contributed by atoms with E-state index in [0.717, 1.165) is 40.7 Å². The van der Waals surface area contributed by atoms with Gasteiger partial charge < -0.3 is 5.32 Å². The zero-order valence-corrected chi connectivity index (χ0v) is 19.1. The van der Waals surface area contributed by atoms with Crippen LogP contribution in [-0.4, -0.2) is 42.3 Å². The van der Waals surface area contributed by atoms with Crippen LogP contribution < -0.4 is 5.32 Å². The molecule has 0 aliphatic rings. The largest absolute Gasteiger partial charge is 0.342 e. The Labute approximate surface area is 189 Å². The molecule has 0 aliphatic heterocycles. The van der Waals surface area contributed by atoms with E-state index in [1.165, 1.54) is 0 Å². The third-order valence-electron chi connectivity index (χ3n) is 5.14. The van der Waals surface area contributed by atoms with Crippen molar-refractivity contribution < 1.29 is 4.79 Å². The van der Waals surface area contributed by atoms with Crippen LogP contribution in [0.3, 0.4) is 0 Å². The minimum Gasteiger partial charge on any atom is -0.342 e. The van der Waals surface area contributed by atoms with Crippen LogP contribution in [-0.2, 0) is 0 Å². The van der Waals surface area contributed by atoms with Gasteiger partial charge >= 0.3 is 0 Å². The second-order valence-electron chi connectivity index (χ2n) is 7.24. The first-order valence-electron chi connectivity index (χ1n) is 9.91. The fourth-order valence-electron chi connectivity index (χ4n) is 3.47. The molecule has 0 fully saturated rings. The molecule has 1 aromatic carbocycles. The first-order valence-corrected chi connectivity index (χ1v) is 11.7. The normalized spacial score (nSPS) is 12.3. The maximum atomic E-state index is 13.0. The Morgan fingerprint density at radius 3 is 2.61 bits per heavy atom. The molecule has 1 amide bonds. The quantitative estimate of drug-likeness (QED) is 0.447. The van der Waals surface area contributed by atoms with E-state index in [2.05, 4.69) is 20.6 Å². The Morgan fingerprint density at radius 1 is 1.16 bits per heavy atom. The molecular formula is C22H23ClN6OS. The van der Waals surface area contributed by atoms with Crippen LogP contribution in [0.1, 0.15) is 40.0 Å². The third kappa shape index (κ3) is 4.31. The van der Waals surface area contributed by atoms with Crippen LogP contribution in [0.15, 0.2) is 48.7 Å². The number of rotatable bonds is 7. The molecule has 3 heterocycles. The van der Waals surface area contributed by atoms with Crippen molar-refractivity contribution in [2.45, 2.75) is 26.3 Å². The predicted molar refractivity (Wildman–Crippen MR) is 124 cm³/mol. The van der Waals surface area contributed by atoms with Gasteiger partial charge in [0.1, 0.15) is 0 Å². The minimum absolute atomic E-state index is 0.156. The average molecular weight is 455 g/mol. The van der Waals surface area contributed by atoms with Crippen LogP contribution in [0, 0.1) is 13.8 Å². The second-order valence-corrected chi connectivity index (χ2v) is 8.60. The lowest BCUT2D eigenvalue weighted by Gasteiger charge is -2.17. The lowest BCUT2D eigenvalue weighted by atomic mass is 10.1. The first kappa shape index (κ1) is 21.4. The minimum atomic E-state index is -0.244. The van der Waals surface area contributed by atoms with E-state index < -0.39 is 0 Å². The molecule has 0 radical (unpaired) electrons. The van der Waals surface area contributed by atoms with Crippen molar-refractivity contribution >= 4 is 34.9 Å². The highest BCUT2D eigenvalue weighted by atomic mass is 35.5. The van der Waals surface area contributed by atoms with Gasteiger partial charge in [0, 0.05) is 11.8 Å². The van der Waals surface area contributed by atoms with Crippen molar-refractivity contribution in [2.24, 2.45) is 0 Å². The zero-order valence-electron chi connectivity index (χ0n) is 17.5. The van der Waals surface area contributed by atoms with Crippen molar-refractivity contribution in [2.75, 3.05) is 12.0 Å². The Bertz CT molecular complexity index is 1220. The Balaban J connectivity index is 1.56. The number of halogens is 1. The molecule has 0 saturated heterocycles. The van der Waals surface area contributed by atoms with Gasteiger partial charge in [0.15, 0.2) is 11.5 Å². The molecule has 0 spiro atoms. The molecule has 1 N–H and O–H groups in total. The van der Waals surface area contributed by atoms with E-state index in [4.69, 9.17) is 11.6 Å². The van der Waals surface area contributed by atoms with E-state index in [1.54, 1.807) is 28.6 Å². The van der Waals surface area contributed by atoms with Gasteiger partial charge in [-0.3, -0.25) is 9.20 Å². The number of nitrogens with zero attached hydrogens (tertiary/aromatic N) is 5. The summed E-state index contributed by atoms with van der Waals surface area (Å²) in [5, 5.41) is 16.8. The summed E-state index contributed by atoms with van der Waals surface area (Å²) < 4.78 is 3.70. The van der Waals surface area contributed by atoms with Crippen molar-refractivity contribution in [1.82, 2.24) is 29.7 Å². The summed E-state index contributed by atoms with van der Waals surface area (Å²) in [6.07, 6.45) is 4.72. The zero-order chi connectivity index (χ0) is 22.0. The summed E-state index contributed by atoms with van der Waals surface area (Å²) in [6.45, 7) is 3.79. The Hall–Kier alpha value is -2.84. The highest BCUT2D eigenvalue weighted by Crippen LogP contribution is 2.23. The highest BCUT2D eigenvalue weighted by Gasteiger charge is 2.21. The SMILES string of the molecule is CSCC[C@H](NC(=O)c1ccc(-n2nc(C)c(Cl)c2C)cc1)c1nnc2ccccn12. The van der Waals surface area contributed by atoms with E-state index in [-0.39, 0.29) is 11.9 Å². The smallest absolute Gasteiger partial charge is 0.251 e. The monoisotopic (exact) mass is 454 g/mol. The number of nitrogens with one attached hydrogen (secondary N) is 1. The molecule has 9 heteroatoms. The van der Waals surface area contributed by atoms with Gasteiger partial charge in [-0.05, 0) is 68.7 Å². The van der Waals surface area contributed by atoms with Crippen LogP contribution >= 0.6 is 23.4 Å². The lowest BCUT2D eigenvalue weighted by molar-refractivity contribution is 0.0934. The molecule has 0 unspecified atom stereocenters. The van der Waals surface area contributed by atoms with Gasteiger partial charge in [0.05, 0.1) is 28.1 Å². The number of pyridine rings is 1. The molecule has 1 atom stereocenters. The Kier molecular flexibility index (Phi) is 6.29. The standard InChI is InChI=1S/C22H23ClN6OS/c1-14-20(23)15(2)29(27-14)17-9-7-16(8-10-17)22(30)24-18(11-13-31-3)21-26-25-19-6-4-5-12-28(19)21/h4-10,12,18H,11,13H2,1-3H3,(H,24,30)/t18-/m0/s1. The van der Waals surface area contributed by atoms with Gasteiger partial charge in [-0.25, -0.2) is 4.68 Å². The van der Waals surface area contributed by atoms with Crippen molar-refractivity contribution in [3.63, 3.8) is 0 Å². The molecule has 4 rings (SSSR count). The number of carbonyl (C=O) groups excluding carboxylic acids is 1. The summed E-state index contributed by atoms with van der Waals surface area (Å²) in [4.78, 5) is 13.0. The van der Waals surface area contributed by atoms with Crippen molar-refractivity contribution in [3.8, 4) is 5.69 Å². The maximum absolute atomic E-state index is 13.0. The van der Waals surface area contributed by atoms with Gasteiger partial charge in [-0.15, -0.1) is 10.2 Å². The number of hydrogen-bond donors (Lipinski definition) is 1. The number of fused-ring (bicyclic) bond motifs is 1. The number of thioether (sulfide) groups is 1. The summed E-state index contributed by atoms with van der Waals surface area (Å²) in [6, 6.07) is 12.8. The van der Waals surface area contributed by atoms with Gasteiger partial charge in [-0.1, -0.05) is 17.7 Å². The number of carbonyl (C=O) groups is 1. The number of benzene rings is 1. The summed E-state index contributed by atoms with van der Waals surface area (Å²) in [5.41, 5.74) is 3.82. The molecule has 7 nitrogen and oxygen atoms in total.